The minimum Gasteiger partial charge on any atom is -0.476 e. The average Bonchev–Trinajstić information content (AvgIpc) is 3.17. The molecule has 2 saturated carbocycles. The van der Waals surface area contributed by atoms with Gasteiger partial charge in [-0.15, -0.1) is 0 Å². The molecule has 3 rings (SSSR count). The highest BCUT2D eigenvalue weighted by molar-refractivity contribution is 5.08. The molecular formula is C12H17N3O. The molecule has 0 unspecified atom stereocenters. The van der Waals surface area contributed by atoms with E-state index in [2.05, 4.69) is 15.3 Å². The van der Waals surface area contributed by atoms with Crippen molar-refractivity contribution in [2.75, 3.05) is 6.61 Å². The summed E-state index contributed by atoms with van der Waals surface area (Å²) >= 11 is 0. The van der Waals surface area contributed by atoms with Crippen molar-refractivity contribution in [2.24, 2.45) is 5.92 Å². The molecule has 4 nitrogen and oxygen atoms in total. The molecule has 2 aliphatic rings. The third-order valence-corrected chi connectivity index (χ3v) is 2.98. The Balaban J connectivity index is 1.52. The third-order valence-electron chi connectivity index (χ3n) is 2.98. The van der Waals surface area contributed by atoms with Crippen molar-refractivity contribution in [3.8, 4) is 5.88 Å². The van der Waals surface area contributed by atoms with Crippen LogP contribution in [0.15, 0.2) is 12.4 Å². The smallest absolute Gasteiger partial charge is 0.232 e. The predicted molar refractivity (Wildman–Crippen MR) is 60.1 cm³/mol. The molecule has 0 saturated heterocycles. The van der Waals surface area contributed by atoms with Gasteiger partial charge in [0, 0.05) is 18.8 Å². The second kappa shape index (κ2) is 4.37. The largest absolute Gasteiger partial charge is 0.476 e. The van der Waals surface area contributed by atoms with Crippen LogP contribution in [0.2, 0.25) is 0 Å². The van der Waals surface area contributed by atoms with E-state index in [0.717, 1.165) is 24.8 Å². The molecule has 0 amide bonds. The Labute approximate surface area is 95.4 Å². The van der Waals surface area contributed by atoms with Crippen molar-refractivity contribution in [1.82, 2.24) is 15.3 Å². The van der Waals surface area contributed by atoms with Crippen LogP contribution in [0.4, 0.5) is 0 Å². The summed E-state index contributed by atoms with van der Waals surface area (Å²) in [6.07, 6.45) is 8.70. The first-order chi connectivity index (χ1) is 7.90. The Bertz CT molecular complexity index is 330. The number of nitrogens with one attached hydrogen (secondary N) is 1. The topological polar surface area (TPSA) is 47.0 Å². The molecule has 0 aliphatic heterocycles. The summed E-state index contributed by atoms with van der Waals surface area (Å²) in [6.45, 7) is 1.60. The second-order valence-corrected chi connectivity index (χ2v) is 4.76. The maximum Gasteiger partial charge on any atom is 0.232 e. The number of nitrogens with zero attached hydrogens (tertiary/aromatic N) is 2. The Kier molecular flexibility index (Phi) is 2.74. The van der Waals surface area contributed by atoms with Crippen LogP contribution in [-0.4, -0.2) is 22.6 Å². The lowest BCUT2D eigenvalue weighted by Gasteiger charge is -2.06. The molecule has 16 heavy (non-hydrogen) atoms. The van der Waals surface area contributed by atoms with Gasteiger partial charge in [0.1, 0.15) is 0 Å². The fourth-order valence-corrected chi connectivity index (χ4v) is 1.57. The first kappa shape index (κ1) is 10.0. The summed E-state index contributed by atoms with van der Waals surface area (Å²) in [4.78, 5) is 8.58. The SMILES string of the molecule is c1ncc(OCC2CC2)nc1CNC1CC1. The zero-order chi connectivity index (χ0) is 10.8. The Morgan fingerprint density at radius 2 is 2.12 bits per heavy atom. The van der Waals surface area contributed by atoms with Gasteiger partial charge in [0.2, 0.25) is 5.88 Å². The summed E-state index contributed by atoms with van der Waals surface area (Å²) in [5.74, 6) is 1.43. The minimum absolute atomic E-state index is 0.669. The number of ether oxygens (including phenoxy) is 1. The molecular weight excluding hydrogens is 202 g/mol. The van der Waals surface area contributed by atoms with Crippen LogP contribution in [-0.2, 0) is 6.54 Å². The van der Waals surface area contributed by atoms with Crippen molar-refractivity contribution >= 4 is 0 Å². The van der Waals surface area contributed by atoms with Crippen LogP contribution in [0.25, 0.3) is 0 Å². The zero-order valence-electron chi connectivity index (χ0n) is 9.35. The summed E-state index contributed by atoms with van der Waals surface area (Å²) < 4.78 is 5.59. The first-order valence-corrected chi connectivity index (χ1v) is 6.07. The number of rotatable bonds is 6. The highest BCUT2D eigenvalue weighted by Crippen LogP contribution is 2.29. The lowest BCUT2D eigenvalue weighted by Crippen LogP contribution is -2.16. The molecule has 0 radical (unpaired) electrons. The van der Waals surface area contributed by atoms with Gasteiger partial charge in [0.25, 0.3) is 0 Å². The third kappa shape index (κ3) is 2.92. The summed E-state index contributed by atoms with van der Waals surface area (Å²) in [5, 5.41) is 3.42. The number of aromatic nitrogens is 2. The molecule has 2 fully saturated rings. The zero-order valence-corrected chi connectivity index (χ0v) is 9.35. The van der Waals surface area contributed by atoms with E-state index in [1.54, 1.807) is 12.4 Å². The molecule has 1 N–H and O–H groups in total. The van der Waals surface area contributed by atoms with Gasteiger partial charge in [-0.25, -0.2) is 4.98 Å². The van der Waals surface area contributed by atoms with E-state index < -0.39 is 0 Å². The van der Waals surface area contributed by atoms with Crippen molar-refractivity contribution in [3.05, 3.63) is 18.1 Å². The molecule has 1 aromatic rings. The van der Waals surface area contributed by atoms with Crippen LogP contribution in [0.1, 0.15) is 31.4 Å². The standard InChI is InChI=1S/C12H17N3O/c1-2-9(1)8-16-12-7-13-5-11(15-12)6-14-10-3-4-10/h5,7,9-10,14H,1-4,6,8H2. The molecule has 1 heterocycles. The van der Waals surface area contributed by atoms with Crippen molar-refractivity contribution in [2.45, 2.75) is 38.3 Å². The van der Waals surface area contributed by atoms with Crippen LogP contribution in [0, 0.1) is 5.92 Å². The Morgan fingerprint density at radius 1 is 1.25 bits per heavy atom. The molecule has 2 aliphatic carbocycles. The van der Waals surface area contributed by atoms with Crippen LogP contribution in [0.3, 0.4) is 0 Å². The average molecular weight is 219 g/mol. The summed E-state index contributed by atoms with van der Waals surface area (Å²) in [5.41, 5.74) is 0.972. The quantitative estimate of drug-likeness (QED) is 0.788. The highest BCUT2D eigenvalue weighted by Gasteiger charge is 2.22. The Morgan fingerprint density at radius 3 is 2.88 bits per heavy atom. The van der Waals surface area contributed by atoms with E-state index >= 15 is 0 Å². The summed E-state index contributed by atoms with van der Waals surface area (Å²) in [6, 6.07) is 0.706. The molecule has 0 atom stereocenters. The molecule has 4 heteroatoms. The van der Waals surface area contributed by atoms with E-state index in [9.17, 15) is 0 Å². The maximum absolute atomic E-state index is 5.59. The maximum atomic E-state index is 5.59. The Hall–Kier alpha value is -1.16. The molecule has 0 aromatic carbocycles. The van der Waals surface area contributed by atoms with Crippen LogP contribution >= 0.6 is 0 Å². The number of hydrogen-bond acceptors (Lipinski definition) is 4. The molecule has 0 bridgehead atoms. The first-order valence-electron chi connectivity index (χ1n) is 6.07. The van der Waals surface area contributed by atoms with Gasteiger partial charge >= 0.3 is 0 Å². The van der Waals surface area contributed by atoms with E-state index in [4.69, 9.17) is 4.74 Å². The van der Waals surface area contributed by atoms with Gasteiger partial charge in [-0.2, -0.15) is 0 Å². The fraction of sp³-hybridized carbons (Fsp3) is 0.667. The lowest BCUT2D eigenvalue weighted by molar-refractivity contribution is 0.286. The van der Waals surface area contributed by atoms with Gasteiger partial charge < -0.3 is 10.1 Å². The van der Waals surface area contributed by atoms with E-state index in [-0.39, 0.29) is 0 Å². The van der Waals surface area contributed by atoms with Gasteiger partial charge in [0.05, 0.1) is 18.5 Å². The van der Waals surface area contributed by atoms with Gasteiger partial charge in [-0.05, 0) is 31.6 Å². The fourth-order valence-electron chi connectivity index (χ4n) is 1.57. The highest BCUT2D eigenvalue weighted by atomic mass is 16.5. The summed E-state index contributed by atoms with van der Waals surface area (Å²) in [7, 11) is 0. The van der Waals surface area contributed by atoms with Crippen molar-refractivity contribution in [3.63, 3.8) is 0 Å². The van der Waals surface area contributed by atoms with Gasteiger partial charge in [-0.3, -0.25) is 4.98 Å². The van der Waals surface area contributed by atoms with Crippen molar-refractivity contribution < 1.29 is 4.74 Å². The molecule has 1 aromatic heterocycles. The monoisotopic (exact) mass is 219 g/mol. The van der Waals surface area contributed by atoms with Gasteiger partial charge in [-0.1, -0.05) is 0 Å². The normalized spacial score (nSPS) is 19.8. The van der Waals surface area contributed by atoms with Crippen molar-refractivity contribution in [1.29, 1.82) is 0 Å². The van der Waals surface area contributed by atoms with E-state index in [0.29, 0.717) is 11.9 Å². The second-order valence-electron chi connectivity index (χ2n) is 4.76. The minimum atomic E-state index is 0.669. The lowest BCUT2D eigenvalue weighted by atomic mass is 10.4. The molecule has 0 spiro atoms. The van der Waals surface area contributed by atoms with E-state index in [1.807, 2.05) is 0 Å². The van der Waals surface area contributed by atoms with E-state index in [1.165, 1.54) is 25.7 Å². The molecule has 86 valence electrons. The van der Waals surface area contributed by atoms with Crippen LogP contribution in [0.5, 0.6) is 5.88 Å². The number of hydrogen-bond donors (Lipinski definition) is 1. The predicted octanol–water partition coefficient (Wildman–Crippen LogP) is 1.52. The van der Waals surface area contributed by atoms with Gasteiger partial charge in [0.15, 0.2) is 0 Å². The van der Waals surface area contributed by atoms with Crippen LogP contribution < -0.4 is 10.1 Å².